The number of anilines is 1. The number of amides is 2. The van der Waals surface area contributed by atoms with Gasteiger partial charge in [0, 0.05) is 38.9 Å². The molecule has 1 aromatic heterocycles. The maximum absolute atomic E-state index is 13.4. The number of nitrogens with two attached hydrogens (primary N) is 1. The van der Waals surface area contributed by atoms with Crippen molar-refractivity contribution in [2.45, 2.75) is 25.7 Å². The third kappa shape index (κ3) is 3.93. The van der Waals surface area contributed by atoms with E-state index in [1.807, 2.05) is 4.90 Å². The van der Waals surface area contributed by atoms with E-state index in [0.29, 0.717) is 49.4 Å². The first-order valence-corrected chi connectivity index (χ1v) is 9.62. The van der Waals surface area contributed by atoms with Crippen molar-refractivity contribution in [1.82, 2.24) is 15.2 Å². The lowest BCUT2D eigenvalue weighted by Crippen LogP contribution is -2.56. The van der Waals surface area contributed by atoms with Crippen molar-refractivity contribution < 1.29 is 9.59 Å². The van der Waals surface area contributed by atoms with Gasteiger partial charge in [0.25, 0.3) is 5.91 Å². The van der Waals surface area contributed by atoms with Crippen LogP contribution in [0, 0.1) is 11.3 Å². The molecule has 7 nitrogen and oxygen atoms in total. The molecule has 0 bridgehead atoms. The molecule has 2 atom stereocenters. The fourth-order valence-electron chi connectivity index (χ4n) is 4.95. The van der Waals surface area contributed by atoms with Crippen molar-refractivity contribution in [3.05, 3.63) is 23.9 Å². The van der Waals surface area contributed by atoms with Gasteiger partial charge in [0.05, 0.1) is 11.0 Å². The van der Waals surface area contributed by atoms with E-state index in [0.717, 1.165) is 32.4 Å². The molecule has 3 heterocycles. The predicted octanol–water partition coefficient (Wildman–Crippen LogP) is 1.45. The number of aromatic nitrogens is 1. The van der Waals surface area contributed by atoms with Gasteiger partial charge in [-0.15, -0.1) is 24.8 Å². The number of carbonyl (C=O) groups excluding carboxylic acids is 2. The van der Waals surface area contributed by atoms with E-state index in [9.17, 15) is 9.59 Å². The van der Waals surface area contributed by atoms with Gasteiger partial charge in [0.2, 0.25) is 5.91 Å². The molecule has 3 aliphatic rings. The van der Waals surface area contributed by atoms with Gasteiger partial charge in [-0.25, -0.2) is 4.98 Å². The molecule has 0 spiro atoms. The van der Waals surface area contributed by atoms with Crippen LogP contribution in [0.4, 0.5) is 5.82 Å². The zero-order chi connectivity index (χ0) is 18.1. The first-order chi connectivity index (χ1) is 12.6. The highest BCUT2D eigenvalue weighted by atomic mass is 35.5. The maximum Gasteiger partial charge on any atom is 0.252 e. The van der Waals surface area contributed by atoms with Gasteiger partial charge in [0.15, 0.2) is 0 Å². The summed E-state index contributed by atoms with van der Waals surface area (Å²) >= 11 is 0. The Kier molecular flexibility index (Phi) is 7.53. The molecule has 156 valence electrons. The second-order valence-electron chi connectivity index (χ2n) is 7.75. The largest absolute Gasteiger partial charge is 0.365 e. The minimum atomic E-state index is -0.465. The lowest BCUT2D eigenvalue weighted by Gasteiger charge is -2.44. The van der Waals surface area contributed by atoms with Gasteiger partial charge in [0.1, 0.15) is 5.82 Å². The number of pyridine rings is 1. The van der Waals surface area contributed by atoms with Crippen LogP contribution < -0.4 is 16.0 Å². The molecule has 28 heavy (non-hydrogen) atoms. The number of nitrogens with zero attached hydrogens (tertiary/aromatic N) is 3. The van der Waals surface area contributed by atoms with Crippen LogP contribution in [-0.4, -0.2) is 61.0 Å². The first-order valence-electron chi connectivity index (χ1n) is 9.62. The quantitative estimate of drug-likeness (QED) is 0.758. The fourth-order valence-corrected chi connectivity index (χ4v) is 4.95. The van der Waals surface area contributed by atoms with Crippen LogP contribution in [0.3, 0.4) is 0 Å². The molecular weight excluding hydrogens is 401 g/mol. The zero-order valence-electron chi connectivity index (χ0n) is 15.9. The number of hydrogen-bond acceptors (Lipinski definition) is 5. The second kappa shape index (κ2) is 9.29. The number of carbonyl (C=O) groups is 2. The van der Waals surface area contributed by atoms with Crippen LogP contribution in [-0.2, 0) is 4.79 Å². The van der Waals surface area contributed by atoms with Gasteiger partial charge in [-0.05, 0) is 37.4 Å². The minimum absolute atomic E-state index is 0. The van der Waals surface area contributed by atoms with E-state index in [1.165, 1.54) is 6.42 Å². The SMILES string of the molecule is Cl.Cl.NC(=O)c1cccnc1N1CCN(C(=O)[C@@]23CCCC[C@H]2CNC3)CC1. The number of nitrogens with one attached hydrogen (secondary N) is 1. The Hall–Kier alpha value is -1.57. The highest BCUT2D eigenvalue weighted by molar-refractivity contribution is 5.97. The standard InChI is InChI=1S/C19H27N5O2.2ClH/c20-16(25)15-5-3-7-22-17(15)23-8-10-24(11-9-23)18(26)19-6-2-1-4-14(19)12-21-13-19;;/h3,5,7,14,21H,1-2,4,6,8-13H2,(H2,20,25);2*1H/t14-,19+;;/m0../s1. The van der Waals surface area contributed by atoms with Gasteiger partial charge in [-0.3, -0.25) is 9.59 Å². The lowest BCUT2D eigenvalue weighted by molar-refractivity contribution is -0.145. The number of rotatable bonds is 3. The average molecular weight is 430 g/mol. The highest BCUT2D eigenvalue weighted by Gasteiger charge is 2.51. The molecule has 0 radical (unpaired) electrons. The Labute approximate surface area is 178 Å². The molecule has 3 N–H and O–H groups in total. The molecular formula is C19H29Cl2N5O2. The smallest absolute Gasteiger partial charge is 0.252 e. The topological polar surface area (TPSA) is 91.6 Å². The van der Waals surface area contributed by atoms with Crippen molar-refractivity contribution in [2.24, 2.45) is 17.1 Å². The summed E-state index contributed by atoms with van der Waals surface area (Å²) in [6.07, 6.45) is 6.24. The van der Waals surface area contributed by atoms with Crippen molar-refractivity contribution in [3.63, 3.8) is 0 Å². The molecule has 2 saturated heterocycles. The molecule has 3 fully saturated rings. The van der Waals surface area contributed by atoms with Gasteiger partial charge < -0.3 is 20.9 Å². The van der Waals surface area contributed by atoms with E-state index in [-0.39, 0.29) is 30.2 Å². The summed E-state index contributed by atoms with van der Waals surface area (Å²) in [5, 5.41) is 3.46. The highest BCUT2D eigenvalue weighted by Crippen LogP contribution is 2.45. The normalized spacial score (nSPS) is 26.6. The number of halogens is 2. The van der Waals surface area contributed by atoms with E-state index in [2.05, 4.69) is 15.2 Å². The molecule has 1 saturated carbocycles. The van der Waals surface area contributed by atoms with E-state index in [1.54, 1.807) is 18.3 Å². The maximum atomic E-state index is 13.4. The van der Waals surface area contributed by atoms with Crippen molar-refractivity contribution in [1.29, 1.82) is 0 Å². The van der Waals surface area contributed by atoms with E-state index < -0.39 is 5.91 Å². The van der Waals surface area contributed by atoms with Crippen molar-refractivity contribution >= 4 is 42.4 Å². The van der Waals surface area contributed by atoms with Crippen molar-refractivity contribution in [2.75, 3.05) is 44.2 Å². The summed E-state index contributed by atoms with van der Waals surface area (Å²) in [5.74, 6) is 0.970. The van der Waals surface area contributed by atoms with E-state index in [4.69, 9.17) is 5.73 Å². The monoisotopic (exact) mass is 429 g/mol. The molecule has 1 aromatic rings. The minimum Gasteiger partial charge on any atom is -0.365 e. The van der Waals surface area contributed by atoms with Crippen LogP contribution >= 0.6 is 24.8 Å². The summed E-state index contributed by atoms with van der Waals surface area (Å²) in [7, 11) is 0. The van der Waals surface area contributed by atoms with Gasteiger partial charge >= 0.3 is 0 Å². The molecule has 9 heteroatoms. The first kappa shape index (κ1) is 22.7. The Morgan fingerprint density at radius 2 is 1.93 bits per heavy atom. The van der Waals surface area contributed by atoms with Gasteiger partial charge in [-0.1, -0.05) is 12.8 Å². The van der Waals surface area contributed by atoms with E-state index >= 15 is 0 Å². The van der Waals surface area contributed by atoms with Crippen LogP contribution in [0.25, 0.3) is 0 Å². The van der Waals surface area contributed by atoms with Crippen LogP contribution in [0.1, 0.15) is 36.0 Å². The number of fused-ring (bicyclic) bond motifs is 1. The molecule has 2 amide bonds. The van der Waals surface area contributed by atoms with Crippen molar-refractivity contribution in [3.8, 4) is 0 Å². The molecule has 0 aromatic carbocycles. The Morgan fingerprint density at radius 1 is 1.18 bits per heavy atom. The van der Waals surface area contributed by atoms with Crippen LogP contribution in [0.15, 0.2) is 18.3 Å². The summed E-state index contributed by atoms with van der Waals surface area (Å²) in [5.41, 5.74) is 5.73. The fraction of sp³-hybridized carbons (Fsp3) is 0.632. The predicted molar refractivity (Wildman–Crippen MR) is 113 cm³/mol. The summed E-state index contributed by atoms with van der Waals surface area (Å²) in [6, 6.07) is 3.43. The third-order valence-corrected chi connectivity index (χ3v) is 6.38. The molecule has 0 unspecified atom stereocenters. The Bertz CT molecular complexity index is 711. The molecule has 1 aliphatic carbocycles. The number of hydrogen-bond donors (Lipinski definition) is 2. The second-order valence-corrected chi connectivity index (χ2v) is 7.75. The Morgan fingerprint density at radius 3 is 2.64 bits per heavy atom. The molecule has 2 aliphatic heterocycles. The average Bonchev–Trinajstić information content (AvgIpc) is 3.13. The Balaban J connectivity index is 0.00000140. The summed E-state index contributed by atoms with van der Waals surface area (Å²) in [4.78, 5) is 33.4. The molecule has 4 rings (SSSR count). The van der Waals surface area contributed by atoms with Crippen LogP contribution in [0.5, 0.6) is 0 Å². The number of piperazine rings is 1. The third-order valence-electron chi connectivity index (χ3n) is 6.38. The zero-order valence-corrected chi connectivity index (χ0v) is 17.6. The summed E-state index contributed by atoms with van der Waals surface area (Å²) in [6.45, 7) is 4.49. The summed E-state index contributed by atoms with van der Waals surface area (Å²) < 4.78 is 0. The number of primary amides is 1. The van der Waals surface area contributed by atoms with Crippen LogP contribution in [0.2, 0.25) is 0 Å². The lowest BCUT2D eigenvalue weighted by atomic mass is 9.67. The van der Waals surface area contributed by atoms with Gasteiger partial charge in [-0.2, -0.15) is 0 Å².